The third-order valence-corrected chi connectivity index (χ3v) is 4.47. The van der Waals surface area contributed by atoms with Crippen LogP contribution in [-0.2, 0) is 28.2 Å². The summed E-state index contributed by atoms with van der Waals surface area (Å²) >= 11 is 0. The first-order chi connectivity index (χ1) is 11.3. The molecule has 0 amide bonds. The zero-order valence-corrected chi connectivity index (χ0v) is 13.2. The maximum Gasteiger partial charge on any atom is 0.214 e. The molecule has 0 atom stereocenters. The minimum absolute atomic E-state index is 0.600. The van der Waals surface area contributed by atoms with E-state index in [4.69, 9.17) is 9.47 Å². The van der Waals surface area contributed by atoms with Gasteiger partial charge < -0.3 is 14.0 Å². The third kappa shape index (κ3) is 2.54. The quantitative estimate of drug-likeness (QED) is 0.740. The molecule has 0 N–H and O–H groups in total. The van der Waals surface area contributed by atoms with E-state index in [1.165, 1.54) is 16.3 Å². The molecule has 0 saturated carbocycles. The summed E-state index contributed by atoms with van der Waals surface area (Å²) in [5.41, 5.74) is 2.41. The summed E-state index contributed by atoms with van der Waals surface area (Å²) in [6.07, 6.45) is 6.53. The van der Waals surface area contributed by atoms with Gasteiger partial charge in [-0.05, 0) is 22.8 Å². The van der Waals surface area contributed by atoms with E-state index in [9.17, 15) is 0 Å². The highest BCUT2D eigenvalue weighted by atomic mass is 16.7. The van der Waals surface area contributed by atoms with Crippen molar-refractivity contribution in [2.24, 2.45) is 0 Å². The number of benzene rings is 2. The van der Waals surface area contributed by atoms with Crippen molar-refractivity contribution < 1.29 is 9.47 Å². The van der Waals surface area contributed by atoms with Gasteiger partial charge in [-0.1, -0.05) is 43.3 Å². The topological polar surface area (TPSA) is 36.3 Å². The van der Waals surface area contributed by atoms with Crippen molar-refractivity contribution in [2.45, 2.75) is 25.7 Å². The maximum atomic E-state index is 6.11. The molecule has 4 heteroatoms. The fourth-order valence-electron chi connectivity index (χ4n) is 3.28. The van der Waals surface area contributed by atoms with E-state index in [0.717, 1.165) is 12.0 Å². The van der Waals surface area contributed by atoms with Crippen molar-refractivity contribution >= 4 is 10.8 Å². The number of aromatic nitrogens is 2. The minimum atomic E-state index is -0.743. The molecule has 0 unspecified atom stereocenters. The van der Waals surface area contributed by atoms with Gasteiger partial charge in [0.2, 0.25) is 5.79 Å². The molecule has 118 valence electrons. The molecule has 1 aromatic heterocycles. The Kier molecular flexibility index (Phi) is 3.63. The predicted molar refractivity (Wildman–Crippen MR) is 89.1 cm³/mol. The lowest BCUT2D eigenvalue weighted by molar-refractivity contribution is -0.175. The molecule has 23 heavy (non-hydrogen) atoms. The summed E-state index contributed by atoms with van der Waals surface area (Å²) in [6, 6.07) is 12.9. The van der Waals surface area contributed by atoms with Crippen LogP contribution in [0.2, 0.25) is 0 Å². The first-order valence-electron chi connectivity index (χ1n) is 8.06. The largest absolute Gasteiger partial charge is 0.342 e. The molecular weight excluding hydrogens is 288 g/mol. The molecule has 1 aliphatic rings. The van der Waals surface area contributed by atoms with Crippen LogP contribution in [0.3, 0.4) is 0 Å². The molecule has 0 radical (unpaired) electrons. The lowest BCUT2D eigenvalue weighted by Gasteiger charge is -2.29. The lowest BCUT2D eigenvalue weighted by atomic mass is 9.95. The highest BCUT2D eigenvalue weighted by Crippen LogP contribution is 2.37. The second-order valence-electron chi connectivity index (χ2n) is 5.90. The Morgan fingerprint density at radius 1 is 1.17 bits per heavy atom. The maximum absolute atomic E-state index is 6.11. The fourth-order valence-corrected chi connectivity index (χ4v) is 3.28. The Morgan fingerprint density at radius 3 is 2.78 bits per heavy atom. The molecule has 1 aliphatic heterocycles. The molecular formula is C19H20N2O2. The van der Waals surface area contributed by atoms with Crippen molar-refractivity contribution in [1.29, 1.82) is 0 Å². The van der Waals surface area contributed by atoms with Crippen molar-refractivity contribution in [3.8, 4) is 0 Å². The summed E-state index contributed by atoms with van der Waals surface area (Å²) in [6.45, 7) is 3.99. The van der Waals surface area contributed by atoms with E-state index in [2.05, 4.69) is 48.3 Å². The van der Waals surface area contributed by atoms with E-state index < -0.39 is 5.79 Å². The molecule has 3 aromatic rings. The lowest BCUT2D eigenvalue weighted by Crippen LogP contribution is -2.32. The third-order valence-electron chi connectivity index (χ3n) is 4.47. The summed E-state index contributed by atoms with van der Waals surface area (Å²) in [5, 5.41) is 2.41. The van der Waals surface area contributed by atoms with Gasteiger partial charge in [0.05, 0.1) is 26.1 Å². The van der Waals surface area contributed by atoms with E-state index in [1.54, 1.807) is 12.5 Å². The number of fused-ring (bicyclic) bond motifs is 1. The Hall–Kier alpha value is -2.17. The SMILES string of the molecule is CCc1ccc2cccc(C3(Cn4ccnc4)OCCO3)c2c1. The van der Waals surface area contributed by atoms with Gasteiger partial charge in [-0.25, -0.2) is 4.98 Å². The van der Waals surface area contributed by atoms with Crippen LogP contribution in [-0.4, -0.2) is 22.8 Å². The van der Waals surface area contributed by atoms with Gasteiger partial charge in [-0.3, -0.25) is 0 Å². The highest BCUT2D eigenvalue weighted by molar-refractivity contribution is 5.87. The zero-order chi connectivity index (χ0) is 15.7. The summed E-state index contributed by atoms with van der Waals surface area (Å²) in [4.78, 5) is 4.13. The van der Waals surface area contributed by atoms with Crippen LogP contribution in [0.1, 0.15) is 18.1 Å². The van der Waals surface area contributed by atoms with Crippen LogP contribution in [0.5, 0.6) is 0 Å². The normalized spacial score (nSPS) is 16.9. The average Bonchev–Trinajstić information content (AvgIpc) is 3.27. The van der Waals surface area contributed by atoms with E-state index >= 15 is 0 Å². The molecule has 0 spiro atoms. The summed E-state index contributed by atoms with van der Waals surface area (Å²) in [7, 11) is 0. The number of aryl methyl sites for hydroxylation is 1. The van der Waals surface area contributed by atoms with E-state index in [-0.39, 0.29) is 0 Å². The number of imidazole rings is 1. The number of rotatable bonds is 4. The Balaban J connectivity index is 1.87. The first-order valence-corrected chi connectivity index (χ1v) is 8.06. The second kappa shape index (κ2) is 5.80. The van der Waals surface area contributed by atoms with Crippen molar-refractivity contribution in [3.05, 3.63) is 66.2 Å². The predicted octanol–water partition coefficient (Wildman–Crippen LogP) is 3.50. The standard InChI is InChI=1S/C19H20N2O2/c1-2-15-6-7-16-4-3-5-18(17(16)12-15)19(22-10-11-23-19)13-21-9-8-20-14-21/h3-9,12,14H,2,10-11,13H2,1H3. The van der Waals surface area contributed by atoms with Gasteiger partial charge in [0.1, 0.15) is 0 Å². The molecule has 4 nitrogen and oxygen atoms in total. The minimum Gasteiger partial charge on any atom is -0.342 e. The van der Waals surface area contributed by atoms with Gasteiger partial charge in [0.15, 0.2) is 0 Å². The van der Waals surface area contributed by atoms with Crippen LogP contribution in [0.15, 0.2) is 55.1 Å². The first kappa shape index (κ1) is 14.4. The van der Waals surface area contributed by atoms with Crippen LogP contribution in [0, 0.1) is 0 Å². The van der Waals surface area contributed by atoms with Crippen molar-refractivity contribution in [2.75, 3.05) is 13.2 Å². The van der Waals surface area contributed by atoms with Crippen LogP contribution in [0.25, 0.3) is 10.8 Å². The van der Waals surface area contributed by atoms with Gasteiger partial charge in [-0.15, -0.1) is 0 Å². The summed E-state index contributed by atoms with van der Waals surface area (Å²) < 4.78 is 14.2. The van der Waals surface area contributed by atoms with E-state index in [0.29, 0.717) is 19.8 Å². The molecule has 2 heterocycles. The van der Waals surface area contributed by atoms with Crippen LogP contribution in [0.4, 0.5) is 0 Å². The zero-order valence-electron chi connectivity index (χ0n) is 13.2. The second-order valence-corrected chi connectivity index (χ2v) is 5.90. The smallest absolute Gasteiger partial charge is 0.214 e. The van der Waals surface area contributed by atoms with Gasteiger partial charge in [-0.2, -0.15) is 0 Å². The highest BCUT2D eigenvalue weighted by Gasteiger charge is 2.40. The Labute approximate surface area is 135 Å². The monoisotopic (exact) mass is 308 g/mol. The van der Waals surface area contributed by atoms with Gasteiger partial charge >= 0.3 is 0 Å². The van der Waals surface area contributed by atoms with Crippen LogP contribution < -0.4 is 0 Å². The molecule has 1 fully saturated rings. The fraction of sp³-hybridized carbons (Fsp3) is 0.316. The number of hydrogen-bond donors (Lipinski definition) is 0. The number of ether oxygens (including phenoxy) is 2. The molecule has 1 saturated heterocycles. The molecule has 2 aromatic carbocycles. The van der Waals surface area contributed by atoms with Gasteiger partial charge in [0.25, 0.3) is 0 Å². The van der Waals surface area contributed by atoms with Crippen molar-refractivity contribution in [3.63, 3.8) is 0 Å². The van der Waals surface area contributed by atoms with Crippen molar-refractivity contribution in [1.82, 2.24) is 9.55 Å². The van der Waals surface area contributed by atoms with E-state index in [1.807, 2.05) is 10.8 Å². The Morgan fingerprint density at radius 2 is 2.04 bits per heavy atom. The van der Waals surface area contributed by atoms with Crippen LogP contribution >= 0.6 is 0 Å². The molecule has 4 rings (SSSR count). The molecule has 0 aliphatic carbocycles. The van der Waals surface area contributed by atoms with Gasteiger partial charge in [0, 0.05) is 18.0 Å². The number of nitrogens with zero attached hydrogens (tertiary/aromatic N) is 2. The Bertz CT molecular complexity index is 805. The summed E-state index contributed by atoms with van der Waals surface area (Å²) in [5.74, 6) is -0.743. The average molecular weight is 308 g/mol. The number of hydrogen-bond acceptors (Lipinski definition) is 3. The molecule has 0 bridgehead atoms.